The first-order valence-corrected chi connectivity index (χ1v) is 8.09. The predicted octanol–water partition coefficient (Wildman–Crippen LogP) is 3.31. The van der Waals surface area contributed by atoms with Gasteiger partial charge in [0.25, 0.3) is 0 Å². The Kier molecular flexibility index (Phi) is 7.60. The minimum atomic E-state index is -0.375. The fraction of sp³-hybridized carbons (Fsp3) is 0.643. The number of hydrogen-bond donors (Lipinski definition) is 0. The Morgan fingerprint density at radius 1 is 1.24 bits per heavy atom. The van der Waals surface area contributed by atoms with Gasteiger partial charge in [0.05, 0.1) is 4.92 Å². The second-order valence-corrected chi connectivity index (χ2v) is 5.63. The molecular formula is C14H23BrN4O2. The number of aromatic nitrogens is 1. The van der Waals surface area contributed by atoms with Crippen LogP contribution in [0.4, 0.5) is 11.5 Å². The molecule has 0 fully saturated rings. The van der Waals surface area contributed by atoms with Crippen molar-refractivity contribution in [1.82, 2.24) is 9.88 Å². The van der Waals surface area contributed by atoms with Crippen LogP contribution in [-0.2, 0) is 0 Å². The van der Waals surface area contributed by atoms with Crippen molar-refractivity contribution < 1.29 is 4.92 Å². The molecule has 0 saturated carbocycles. The summed E-state index contributed by atoms with van der Waals surface area (Å²) in [6.45, 7) is 10.8. The summed E-state index contributed by atoms with van der Waals surface area (Å²) < 4.78 is 0.622. The maximum absolute atomic E-state index is 11.2. The lowest BCUT2D eigenvalue weighted by Crippen LogP contribution is -2.30. The van der Waals surface area contributed by atoms with Crippen LogP contribution in [-0.4, -0.2) is 47.5 Å². The summed E-state index contributed by atoms with van der Waals surface area (Å²) in [5.74, 6) is 0.449. The molecule has 1 heterocycles. The molecule has 1 aromatic heterocycles. The van der Waals surface area contributed by atoms with Crippen molar-refractivity contribution in [2.24, 2.45) is 0 Å². The Bertz CT molecular complexity index is 466. The molecule has 0 aliphatic carbocycles. The first-order valence-electron chi connectivity index (χ1n) is 7.30. The summed E-state index contributed by atoms with van der Waals surface area (Å²) in [6.07, 6.45) is 2.57. The summed E-state index contributed by atoms with van der Waals surface area (Å²) in [4.78, 5) is 19.3. The SMILES string of the molecule is CCN(CC)CCCN(CC)c1ncc(Br)cc1[N+](=O)[O-]. The number of halogens is 1. The lowest BCUT2D eigenvalue weighted by molar-refractivity contribution is -0.384. The van der Waals surface area contributed by atoms with Crippen LogP contribution in [0.3, 0.4) is 0 Å². The third-order valence-corrected chi connectivity index (χ3v) is 3.92. The Hall–Kier alpha value is -1.21. The molecule has 1 aromatic rings. The highest BCUT2D eigenvalue weighted by atomic mass is 79.9. The van der Waals surface area contributed by atoms with Crippen LogP contribution in [0.1, 0.15) is 27.2 Å². The molecule has 0 spiro atoms. The zero-order valence-electron chi connectivity index (χ0n) is 12.9. The van der Waals surface area contributed by atoms with Crippen molar-refractivity contribution >= 4 is 27.4 Å². The molecule has 118 valence electrons. The van der Waals surface area contributed by atoms with Crippen LogP contribution < -0.4 is 4.90 Å². The van der Waals surface area contributed by atoms with E-state index >= 15 is 0 Å². The topological polar surface area (TPSA) is 62.5 Å². The minimum absolute atomic E-state index is 0.0501. The van der Waals surface area contributed by atoms with E-state index < -0.39 is 0 Å². The van der Waals surface area contributed by atoms with Gasteiger partial charge in [-0.25, -0.2) is 4.98 Å². The van der Waals surface area contributed by atoms with Gasteiger partial charge in [0.1, 0.15) is 0 Å². The monoisotopic (exact) mass is 358 g/mol. The molecule has 0 atom stereocenters. The van der Waals surface area contributed by atoms with Gasteiger partial charge >= 0.3 is 5.69 Å². The predicted molar refractivity (Wildman–Crippen MR) is 88.9 cm³/mol. The van der Waals surface area contributed by atoms with Gasteiger partial charge in [-0.2, -0.15) is 0 Å². The van der Waals surface area contributed by atoms with Gasteiger partial charge in [0, 0.05) is 29.8 Å². The molecule has 0 aliphatic heterocycles. The van der Waals surface area contributed by atoms with Crippen molar-refractivity contribution in [1.29, 1.82) is 0 Å². The molecule has 7 heteroatoms. The Balaban J connectivity index is 2.78. The molecule has 0 radical (unpaired) electrons. The highest BCUT2D eigenvalue weighted by Crippen LogP contribution is 2.28. The lowest BCUT2D eigenvalue weighted by Gasteiger charge is -2.24. The average molecular weight is 359 g/mol. The summed E-state index contributed by atoms with van der Waals surface area (Å²) in [7, 11) is 0. The van der Waals surface area contributed by atoms with Crippen LogP contribution in [0.5, 0.6) is 0 Å². The van der Waals surface area contributed by atoms with Gasteiger partial charge in [-0.15, -0.1) is 0 Å². The zero-order valence-corrected chi connectivity index (χ0v) is 14.5. The van der Waals surface area contributed by atoms with Gasteiger partial charge in [0.2, 0.25) is 5.82 Å². The van der Waals surface area contributed by atoms with Gasteiger partial charge in [-0.3, -0.25) is 10.1 Å². The molecule has 6 nitrogen and oxygen atoms in total. The number of nitro groups is 1. The van der Waals surface area contributed by atoms with Crippen LogP contribution in [0.2, 0.25) is 0 Å². The standard InChI is InChI=1S/C14H23BrN4O2/c1-4-17(5-2)8-7-9-18(6-3)14-13(19(20)21)10-12(15)11-16-14/h10-11H,4-9H2,1-3H3. The molecular weight excluding hydrogens is 336 g/mol. The number of rotatable bonds is 9. The quantitative estimate of drug-likeness (QED) is 0.500. The maximum Gasteiger partial charge on any atom is 0.312 e. The molecule has 0 amide bonds. The maximum atomic E-state index is 11.2. The summed E-state index contributed by atoms with van der Waals surface area (Å²) in [5.41, 5.74) is 0.0501. The second-order valence-electron chi connectivity index (χ2n) is 4.71. The number of anilines is 1. The molecule has 1 rings (SSSR count). The Morgan fingerprint density at radius 2 is 1.90 bits per heavy atom. The van der Waals surface area contributed by atoms with E-state index in [1.54, 1.807) is 6.20 Å². The van der Waals surface area contributed by atoms with E-state index in [1.165, 1.54) is 6.07 Å². The van der Waals surface area contributed by atoms with Crippen LogP contribution in [0.25, 0.3) is 0 Å². The number of nitrogens with zero attached hydrogens (tertiary/aromatic N) is 4. The highest BCUT2D eigenvalue weighted by molar-refractivity contribution is 9.10. The van der Waals surface area contributed by atoms with Crippen LogP contribution >= 0.6 is 15.9 Å². The van der Waals surface area contributed by atoms with Gasteiger partial charge in [-0.1, -0.05) is 13.8 Å². The van der Waals surface area contributed by atoms with Crippen molar-refractivity contribution in [2.45, 2.75) is 27.2 Å². The first kappa shape index (κ1) is 17.8. The van der Waals surface area contributed by atoms with E-state index in [2.05, 4.69) is 39.7 Å². The molecule has 0 aromatic carbocycles. The van der Waals surface area contributed by atoms with Gasteiger partial charge < -0.3 is 9.80 Å². The fourth-order valence-corrected chi connectivity index (χ4v) is 2.56. The minimum Gasteiger partial charge on any atom is -0.351 e. The van der Waals surface area contributed by atoms with Crippen molar-refractivity contribution in [3.05, 3.63) is 26.9 Å². The largest absolute Gasteiger partial charge is 0.351 e. The Labute approximate surface area is 134 Å². The highest BCUT2D eigenvalue weighted by Gasteiger charge is 2.20. The molecule has 0 bridgehead atoms. The van der Waals surface area contributed by atoms with Crippen molar-refractivity contribution in [3.63, 3.8) is 0 Å². The van der Waals surface area contributed by atoms with E-state index in [0.717, 1.165) is 32.6 Å². The first-order chi connectivity index (χ1) is 10.0. The number of hydrogen-bond acceptors (Lipinski definition) is 5. The molecule has 21 heavy (non-hydrogen) atoms. The van der Waals surface area contributed by atoms with Crippen LogP contribution in [0.15, 0.2) is 16.7 Å². The second kappa shape index (κ2) is 8.94. The van der Waals surface area contributed by atoms with E-state index in [4.69, 9.17) is 0 Å². The molecule has 0 saturated heterocycles. The molecule has 0 unspecified atom stereocenters. The summed E-state index contributed by atoms with van der Waals surface area (Å²) >= 11 is 3.23. The summed E-state index contributed by atoms with van der Waals surface area (Å²) in [6, 6.07) is 1.51. The van der Waals surface area contributed by atoms with Crippen LogP contribution in [0, 0.1) is 10.1 Å². The van der Waals surface area contributed by atoms with E-state index in [9.17, 15) is 10.1 Å². The van der Waals surface area contributed by atoms with E-state index in [0.29, 0.717) is 16.8 Å². The molecule has 0 N–H and O–H groups in total. The third-order valence-electron chi connectivity index (χ3n) is 3.49. The number of pyridine rings is 1. The van der Waals surface area contributed by atoms with Crippen molar-refractivity contribution in [3.8, 4) is 0 Å². The zero-order chi connectivity index (χ0) is 15.8. The van der Waals surface area contributed by atoms with Crippen molar-refractivity contribution in [2.75, 3.05) is 37.6 Å². The Morgan fingerprint density at radius 3 is 2.43 bits per heavy atom. The lowest BCUT2D eigenvalue weighted by atomic mass is 10.3. The van der Waals surface area contributed by atoms with Gasteiger partial charge in [0.15, 0.2) is 0 Å². The van der Waals surface area contributed by atoms with Gasteiger partial charge in [-0.05, 0) is 48.9 Å². The third kappa shape index (κ3) is 5.24. The average Bonchev–Trinajstić information content (AvgIpc) is 2.48. The van der Waals surface area contributed by atoms with E-state index in [1.807, 2.05) is 11.8 Å². The summed E-state index contributed by atoms with van der Waals surface area (Å²) in [5, 5.41) is 11.2. The normalized spacial score (nSPS) is 10.9. The molecule has 0 aliphatic rings. The smallest absolute Gasteiger partial charge is 0.312 e. The fourth-order valence-electron chi connectivity index (χ4n) is 2.24. The van der Waals surface area contributed by atoms with E-state index in [-0.39, 0.29) is 10.6 Å².